The largest absolute Gasteiger partial charge is 0.494 e. The maximum Gasteiger partial charge on any atom is 0.334 e. The standard InChI is InChI=1S/C30H37FN2O6/c1-5-6-15-38-24-10-8-7-9-22(17-26(24)37-4)29(34)39-19-30(35,18-32)27-14-13-25(36-3)28(33-27)21-11-12-23(31)20(2)16-21/h8,10-14,16-17,35H,5-7,9,15,18-19,32H2,1-4H3/b10-8?,22-17+,26-24-. The van der Waals surface area contributed by atoms with E-state index in [1.54, 1.807) is 37.3 Å². The number of aliphatic hydroxyl groups is 1. The van der Waals surface area contributed by atoms with Crippen molar-refractivity contribution in [2.45, 2.75) is 45.1 Å². The lowest BCUT2D eigenvalue weighted by Crippen LogP contribution is -2.41. The molecule has 0 radical (unpaired) electrons. The van der Waals surface area contributed by atoms with Gasteiger partial charge in [-0.3, -0.25) is 0 Å². The Bertz CT molecular complexity index is 1260. The van der Waals surface area contributed by atoms with Gasteiger partial charge in [0.2, 0.25) is 0 Å². The Kier molecular flexibility index (Phi) is 10.7. The second-order valence-electron chi connectivity index (χ2n) is 9.27. The molecule has 1 unspecified atom stereocenters. The van der Waals surface area contributed by atoms with Crippen molar-refractivity contribution in [3.8, 4) is 17.0 Å². The van der Waals surface area contributed by atoms with Crippen LogP contribution in [0.15, 0.2) is 65.7 Å². The van der Waals surface area contributed by atoms with E-state index in [1.165, 1.54) is 20.3 Å². The van der Waals surface area contributed by atoms with E-state index in [0.29, 0.717) is 59.1 Å². The molecule has 0 saturated heterocycles. The highest BCUT2D eigenvalue weighted by atomic mass is 19.1. The first kappa shape index (κ1) is 29.9. The molecule has 3 N–H and O–H groups in total. The smallest absolute Gasteiger partial charge is 0.334 e. The van der Waals surface area contributed by atoms with E-state index in [0.717, 1.165) is 12.8 Å². The highest BCUT2D eigenvalue weighted by molar-refractivity contribution is 5.89. The third-order valence-corrected chi connectivity index (χ3v) is 6.40. The Labute approximate surface area is 228 Å². The minimum atomic E-state index is -1.78. The van der Waals surface area contributed by atoms with E-state index in [4.69, 9.17) is 24.7 Å². The molecule has 0 saturated carbocycles. The number of aromatic nitrogens is 1. The zero-order valence-electron chi connectivity index (χ0n) is 23.0. The molecule has 0 spiro atoms. The van der Waals surface area contributed by atoms with Crippen molar-refractivity contribution in [3.63, 3.8) is 0 Å². The van der Waals surface area contributed by atoms with Crippen LogP contribution in [0.4, 0.5) is 4.39 Å². The number of rotatable bonds is 12. The zero-order valence-corrected chi connectivity index (χ0v) is 23.0. The molecule has 9 heteroatoms. The van der Waals surface area contributed by atoms with Crippen LogP contribution in [0.25, 0.3) is 11.3 Å². The molecule has 0 fully saturated rings. The van der Waals surface area contributed by atoms with Gasteiger partial charge in [-0.2, -0.15) is 0 Å². The molecule has 1 aliphatic carbocycles. The fraction of sp³-hybridized carbons (Fsp3) is 0.400. The molecule has 0 bridgehead atoms. The van der Waals surface area contributed by atoms with Crippen molar-refractivity contribution >= 4 is 5.97 Å². The average molecular weight is 541 g/mol. The molecule has 1 aliphatic rings. The number of aryl methyl sites for hydroxylation is 1. The van der Waals surface area contributed by atoms with Crippen LogP contribution in [0.2, 0.25) is 0 Å². The van der Waals surface area contributed by atoms with Gasteiger partial charge in [-0.15, -0.1) is 0 Å². The van der Waals surface area contributed by atoms with Crippen LogP contribution in [0.1, 0.15) is 43.9 Å². The molecule has 1 heterocycles. The lowest BCUT2D eigenvalue weighted by atomic mass is 9.98. The third kappa shape index (κ3) is 7.46. The molecular formula is C30H37FN2O6. The number of methoxy groups -OCH3 is 2. The van der Waals surface area contributed by atoms with Crippen molar-refractivity contribution in [1.29, 1.82) is 0 Å². The van der Waals surface area contributed by atoms with E-state index in [2.05, 4.69) is 11.9 Å². The Morgan fingerprint density at radius 3 is 2.64 bits per heavy atom. The maximum atomic E-state index is 13.9. The van der Waals surface area contributed by atoms with E-state index >= 15 is 0 Å². The topological polar surface area (TPSA) is 113 Å². The van der Waals surface area contributed by atoms with Gasteiger partial charge in [-0.25, -0.2) is 14.2 Å². The number of benzene rings is 1. The van der Waals surface area contributed by atoms with Gasteiger partial charge in [0.25, 0.3) is 0 Å². The summed E-state index contributed by atoms with van der Waals surface area (Å²) in [4.78, 5) is 17.7. The Morgan fingerprint density at radius 2 is 1.97 bits per heavy atom. The van der Waals surface area contributed by atoms with Crippen LogP contribution in [0.5, 0.6) is 5.75 Å². The number of nitrogens with zero attached hydrogens (tertiary/aromatic N) is 1. The van der Waals surface area contributed by atoms with Crippen molar-refractivity contribution in [2.75, 3.05) is 34.0 Å². The quantitative estimate of drug-likeness (QED) is 0.290. The van der Waals surface area contributed by atoms with Crippen molar-refractivity contribution in [3.05, 3.63) is 82.7 Å². The van der Waals surface area contributed by atoms with Gasteiger partial charge in [-0.1, -0.05) is 19.4 Å². The molecule has 3 rings (SSSR count). The minimum Gasteiger partial charge on any atom is -0.494 e. The van der Waals surface area contributed by atoms with Gasteiger partial charge in [-0.05, 0) is 74.2 Å². The summed E-state index contributed by atoms with van der Waals surface area (Å²) in [7, 11) is 3.00. The number of unbranched alkanes of at least 4 members (excludes halogenated alkanes) is 1. The van der Waals surface area contributed by atoms with E-state index in [9.17, 15) is 14.3 Å². The molecule has 39 heavy (non-hydrogen) atoms. The summed E-state index contributed by atoms with van der Waals surface area (Å²) in [6.07, 6.45) is 8.26. The summed E-state index contributed by atoms with van der Waals surface area (Å²) in [5.41, 5.74) is 6.17. The fourth-order valence-electron chi connectivity index (χ4n) is 3.96. The molecule has 2 aromatic rings. The van der Waals surface area contributed by atoms with Gasteiger partial charge >= 0.3 is 5.97 Å². The van der Waals surface area contributed by atoms with Crippen LogP contribution in [0, 0.1) is 12.7 Å². The molecule has 1 atom stereocenters. The van der Waals surface area contributed by atoms with Gasteiger partial charge in [0.1, 0.15) is 23.9 Å². The van der Waals surface area contributed by atoms with Gasteiger partial charge in [0.15, 0.2) is 17.1 Å². The summed E-state index contributed by atoms with van der Waals surface area (Å²) in [5, 5.41) is 11.4. The Hall–Kier alpha value is -3.69. The number of allylic oxidation sites excluding steroid dienone is 3. The number of carbonyl (C=O) groups excluding carboxylic acids is 1. The Morgan fingerprint density at radius 1 is 1.18 bits per heavy atom. The SMILES string of the molecule is CCCCO/C1=C(OC)/C=C(/C(=O)OCC(O)(CN)c2ccc(OC)c(-c3ccc(F)c(C)c3)n2)CCC=C1. The highest BCUT2D eigenvalue weighted by Gasteiger charge is 2.33. The van der Waals surface area contributed by atoms with Gasteiger partial charge in [0.05, 0.1) is 26.5 Å². The first-order chi connectivity index (χ1) is 18.8. The number of esters is 1. The number of nitrogens with two attached hydrogens (primary N) is 1. The first-order valence-electron chi connectivity index (χ1n) is 13.0. The van der Waals surface area contributed by atoms with Crippen molar-refractivity contribution in [2.24, 2.45) is 5.73 Å². The first-order valence-corrected chi connectivity index (χ1v) is 13.0. The molecule has 8 nitrogen and oxygen atoms in total. The fourth-order valence-corrected chi connectivity index (χ4v) is 3.96. The maximum absolute atomic E-state index is 13.9. The van der Waals surface area contributed by atoms with Crippen molar-refractivity contribution < 1.29 is 33.2 Å². The summed E-state index contributed by atoms with van der Waals surface area (Å²) in [6, 6.07) is 7.76. The van der Waals surface area contributed by atoms with E-state index in [-0.39, 0.29) is 18.1 Å². The van der Waals surface area contributed by atoms with Crippen LogP contribution in [-0.2, 0) is 24.6 Å². The van der Waals surface area contributed by atoms with Crippen molar-refractivity contribution in [1.82, 2.24) is 4.98 Å². The second-order valence-corrected chi connectivity index (χ2v) is 9.27. The summed E-state index contributed by atoms with van der Waals surface area (Å²) >= 11 is 0. The zero-order chi connectivity index (χ0) is 28.4. The summed E-state index contributed by atoms with van der Waals surface area (Å²) in [5.74, 6) is 0.441. The Balaban J connectivity index is 1.85. The van der Waals surface area contributed by atoms with Crippen LogP contribution in [-0.4, -0.2) is 50.0 Å². The summed E-state index contributed by atoms with van der Waals surface area (Å²) < 4.78 is 36.2. The lowest BCUT2D eigenvalue weighted by molar-refractivity contribution is -0.147. The van der Waals surface area contributed by atoms with Gasteiger partial charge < -0.3 is 29.8 Å². The van der Waals surface area contributed by atoms with Crippen LogP contribution in [0.3, 0.4) is 0 Å². The van der Waals surface area contributed by atoms with E-state index < -0.39 is 18.2 Å². The monoisotopic (exact) mass is 540 g/mol. The predicted molar refractivity (Wildman–Crippen MR) is 146 cm³/mol. The number of hydrogen-bond acceptors (Lipinski definition) is 8. The minimum absolute atomic E-state index is 0.189. The average Bonchev–Trinajstić information content (AvgIpc) is 2.94. The number of carbonyl (C=O) groups is 1. The number of hydrogen-bond donors (Lipinski definition) is 2. The molecular weight excluding hydrogens is 503 g/mol. The summed E-state index contributed by atoms with van der Waals surface area (Å²) in [6.45, 7) is 3.57. The molecule has 1 aromatic carbocycles. The lowest BCUT2D eigenvalue weighted by Gasteiger charge is -2.26. The molecule has 210 valence electrons. The third-order valence-electron chi connectivity index (χ3n) is 6.40. The number of ether oxygens (including phenoxy) is 4. The van der Waals surface area contributed by atoms with Gasteiger partial charge in [0, 0.05) is 17.7 Å². The number of pyridine rings is 1. The van der Waals surface area contributed by atoms with E-state index in [1.807, 2.05) is 12.2 Å². The van der Waals surface area contributed by atoms with Crippen LogP contribution < -0.4 is 10.5 Å². The second kappa shape index (κ2) is 13.9. The van der Waals surface area contributed by atoms with Crippen LogP contribution >= 0.6 is 0 Å². The molecule has 0 aliphatic heterocycles. The molecule has 0 amide bonds. The normalized spacial score (nSPS) is 18.3. The number of halogens is 1. The molecule has 1 aromatic heterocycles. The predicted octanol–water partition coefficient (Wildman–Crippen LogP) is 4.85. The highest BCUT2D eigenvalue weighted by Crippen LogP contribution is 2.32.